The summed E-state index contributed by atoms with van der Waals surface area (Å²) in [5, 5.41) is 37.6. The summed E-state index contributed by atoms with van der Waals surface area (Å²) in [5.74, 6) is -2.27. The zero-order chi connectivity index (χ0) is 56.7. The number of nitrogens with two attached hydrogens (primary N) is 3. The van der Waals surface area contributed by atoms with Gasteiger partial charge in [-0.2, -0.15) is 0 Å². The third-order valence-electron chi connectivity index (χ3n) is 15.8. The van der Waals surface area contributed by atoms with E-state index in [2.05, 4.69) is 16.0 Å². The molecule has 0 bridgehead atoms. The predicted molar refractivity (Wildman–Crippen MR) is 294 cm³/mol. The van der Waals surface area contributed by atoms with Gasteiger partial charge in [-0.1, -0.05) is 100 Å². The van der Waals surface area contributed by atoms with Crippen LogP contribution in [0.2, 0.25) is 0 Å². The topological polar surface area (TPSA) is 336 Å². The first-order valence-electron chi connectivity index (χ1n) is 27.3. The number of aliphatic carboxylic acids is 1. The number of carbonyl (C=O) groups is 8. The molecule has 4 unspecified atom stereocenters. The number of primary amides is 2. The average molecular weight is 1120 g/mol. The number of rotatable bonds is 15. The van der Waals surface area contributed by atoms with Crippen LogP contribution in [0.15, 0.2) is 0 Å². The molecule has 2 saturated heterocycles. The standard InChI is InChI=1S/C27H46N4O6.C19H32N2O5.C8H16N2O2.CH4.ClH/c1-26(2,3)21(30-25(36)37-27(4,5)6)24(35)31-14-16-11-8-12-17(16)19(31)23(34)29-18(20(32)22(28)33)13-15-9-7-10-15;1-18(2,3)14(20-17(25)26-19(4,5)6)15(22)21-10-11-8-7-9-12(11)13(21)16(23)24;9-6(7(11)8(10)12)4-5-2-1-3-5;;/h15-21,32H,7-14H2,1-6H3,(H2,28,33)(H,29,34)(H,30,36);11-14H,7-10H2,1-6H3,(H,20,25)(H,23,24);5-7,11H,1-4,9H2,(H2,10,12);1H4;1H/t16-,17-,18?,19-,20?,21+;11-,12-,13-,14+;;;/m00.../s1. The fourth-order valence-corrected chi connectivity index (χ4v) is 11.5. The number of carboxylic acids is 1. The molecule has 444 valence electrons. The Morgan fingerprint density at radius 3 is 1.26 bits per heavy atom. The summed E-state index contributed by atoms with van der Waals surface area (Å²) in [4.78, 5) is 103. The minimum absolute atomic E-state index is 0. The van der Waals surface area contributed by atoms with Crippen LogP contribution in [-0.2, 0) is 38.2 Å². The number of hydrogen-bond donors (Lipinski definition) is 9. The molecule has 21 nitrogen and oxygen atoms in total. The van der Waals surface area contributed by atoms with Gasteiger partial charge in [0.2, 0.25) is 29.5 Å². The van der Waals surface area contributed by atoms with Crippen LogP contribution in [0.5, 0.6) is 0 Å². The summed E-state index contributed by atoms with van der Waals surface area (Å²) in [6.07, 6.45) is 9.32. The monoisotopic (exact) mass is 1110 g/mol. The lowest BCUT2D eigenvalue weighted by Crippen LogP contribution is -2.60. The normalized spacial score (nSPS) is 25.4. The number of likely N-dealkylation sites (tertiary alicyclic amines) is 2. The van der Waals surface area contributed by atoms with Gasteiger partial charge in [0.15, 0.2) is 6.10 Å². The molecule has 0 aromatic rings. The Morgan fingerprint density at radius 2 is 0.922 bits per heavy atom. The molecule has 2 heterocycles. The number of alkyl carbamates (subject to hydrolysis) is 2. The molecule has 4 aliphatic carbocycles. The van der Waals surface area contributed by atoms with Crippen molar-refractivity contribution in [2.45, 2.75) is 240 Å². The van der Waals surface area contributed by atoms with E-state index in [0.717, 1.165) is 57.8 Å². The lowest BCUT2D eigenvalue weighted by atomic mass is 9.79. The van der Waals surface area contributed by atoms with Crippen molar-refractivity contribution >= 4 is 60.1 Å². The molecule has 77 heavy (non-hydrogen) atoms. The third-order valence-corrected chi connectivity index (χ3v) is 15.8. The number of hydrogen-bond acceptors (Lipinski definition) is 13. The van der Waals surface area contributed by atoms with Crippen LogP contribution < -0.4 is 33.2 Å². The van der Waals surface area contributed by atoms with Gasteiger partial charge in [0.25, 0.3) is 0 Å². The molecule has 0 aromatic carbocycles. The van der Waals surface area contributed by atoms with E-state index in [-0.39, 0.29) is 61.2 Å². The number of carboxylic acid groups (broad SMARTS) is 1. The van der Waals surface area contributed by atoms with E-state index < -0.39 is 100 Å². The number of nitrogens with one attached hydrogen (secondary N) is 3. The van der Waals surface area contributed by atoms with Crippen LogP contribution in [0.25, 0.3) is 0 Å². The Morgan fingerprint density at radius 1 is 0.558 bits per heavy atom. The SMILES string of the molecule is C.CC(C)(C)OC(=O)N[C@H](C(=O)N1C[C@@H]2CCC[C@@H]2[C@H]1C(=O)NC(CC1CCC1)C(O)C(N)=O)C(C)(C)C.CC(C)(C)OC(=O)N[C@H](C(=O)N1C[C@@H]2CCC[C@@H]2[C@H]1C(=O)O)C(C)(C)C.Cl.NC(=O)C(O)C(N)CC1CCC1. The van der Waals surface area contributed by atoms with Gasteiger partial charge in [0, 0.05) is 19.1 Å². The number of ether oxygens (including phenoxy) is 2. The molecule has 0 spiro atoms. The third kappa shape index (κ3) is 19.4. The van der Waals surface area contributed by atoms with E-state index in [9.17, 15) is 48.6 Å². The van der Waals surface area contributed by atoms with Gasteiger partial charge in [-0.05, 0) is 126 Å². The van der Waals surface area contributed by atoms with E-state index in [1.54, 1.807) is 46.4 Å². The van der Waals surface area contributed by atoms with Gasteiger partial charge in [-0.3, -0.25) is 24.0 Å². The van der Waals surface area contributed by atoms with Crippen molar-refractivity contribution in [1.29, 1.82) is 0 Å². The summed E-state index contributed by atoms with van der Waals surface area (Å²) >= 11 is 0. The number of amides is 7. The Bertz CT molecular complexity index is 2030. The van der Waals surface area contributed by atoms with Crippen LogP contribution in [0, 0.1) is 46.3 Å². The molecule has 4 saturated carbocycles. The summed E-state index contributed by atoms with van der Waals surface area (Å²) in [6, 6.07) is -4.58. The van der Waals surface area contributed by atoms with Crippen LogP contribution in [-0.4, -0.2) is 146 Å². The Balaban J connectivity index is 0.000000439. The molecular weight excluding hydrogens is 1020 g/mol. The van der Waals surface area contributed by atoms with Gasteiger partial charge < -0.3 is 67.7 Å². The first kappa shape index (κ1) is 68.6. The van der Waals surface area contributed by atoms with Gasteiger partial charge in [-0.25, -0.2) is 14.4 Å². The van der Waals surface area contributed by atoms with Crippen molar-refractivity contribution in [2.24, 2.45) is 63.5 Å². The first-order valence-corrected chi connectivity index (χ1v) is 27.3. The minimum atomic E-state index is -1.49. The van der Waals surface area contributed by atoms with Crippen LogP contribution in [0.3, 0.4) is 0 Å². The van der Waals surface area contributed by atoms with Crippen molar-refractivity contribution in [3.63, 3.8) is 0 Å². The maximum Gasteiger partial charge on any atom is 0.408 e. The molecule has 12 N–H and O–H groups in total. The van der Waals surface area contributed by atoms with E-state index in [4.69, 9.17) is 31.8 Å². The number of carbonyl (C=O) groups excluding carboxylic acids is 7. The van der Waals surface area contributed by atoms with E-state index in [1.165, 1.54) is 24.2 Å². The second-order valence-corrected chi connectivity index (χ2v) is 26.3. The van der Waals surface area contributed by atoms with E-state index in [1.807, 2.05) is 41.5 Å². The molecule has 6 rings (SSSR count). The second kappa shape index (κ2) is 28.1. The number of halogens is 1. The summed E-state index contributed by atoms with van der Waals surface area (Å²) in [7, 11) is 0. The predicted octanol–water partition coefficient (Wildman–Crippen LogP) is 5.12. The summed E-state index contributed by atoms with van der Waals surface area (Å²) in [5.41, 5.74) is 13.3. The average Bonchev–Trinajstić information content (AvgIpc) is 4.03. The Hall–Kier alpha value is -4.47. The molecule has 0 radical (unpaired) electrons. The molecular formula is C55H99ClN8O13. The van der Waals surface area contributed by atoms with E-state index >= 15 is 0 Å². The highest BCUT2D eigenvalue weighted by Gasteiger charge is 2.54. The lowest BCUT2D eigenvalue weighted by Gasteiger charge is -2.37. The smallest absolute Gasteiger partial charge is 0.408 e. The van der Waals surface area contributed by atoms with Gasteiger partial charge in [-0.15, -0.1) is 12.4 Å². The lowest BCUT2D eigenvalue weighted by molar-refractivity contribution is -0.151. The molecule has 0 aromatic heterocycles. The van der Waals surface area contributed by atoms with Gasteiger partial charge >= 0.3 is 18.2 Å². The Labute approximate surface area is 464 Å². The maximum absolute atomic E-state index is 14.0. The number of fused-ring (bicyclic) bond motifs is 2. The fraction of sp³-hybridized carbons (Fsp3) is 0.855. The zero-order valence-corrected chi connectivity index (χ0v) is 48.2. The number of aliphatic hydroxyl groups excluding tert-OH is 2. The largest absolute Gasteiger partial charge is 0.480 e. The minimum Gasteiger partial charge on any atom is -0.480 e. The zero-order valence-electron chi connectivity index (χ0n) is 47.4. The molecule has 2 aliphatic heterocycles. The highest BCUT2D eigenvalue weighted by atomic mass is 35.5. The molecule has 12 atom stereocenters. The van der Waals surface area contributed by atoms with Crippen molar-refractivity contribution in [3.05, 3.63) is 0 Å². The first-order chi connectivity index (χ1) is 34.5. The van der Waals surface area contributed by atoms with Crippen molar-refractivity contribution in [3.8, 4) is 0 Å². The van der Waals surface area contributed by atoms with Crippen LogP contribution in [0.4, 0.5) is 9.59 Å². The van der Waals surface area contributed by atoms with Gasteiger partial charge in [0.05, 0.1) is 6.04 Å². The molecule has 6 aliphatic rings. The van der Waals surface area contributed by atoms with Crippen LogP contribution in [0.1, 0.15) is 180 Å². The summed E-state index contributed by atoms with van der Waals surface area (Å²) < 4.78 is 10.7. The quantitative estimate of drug-likeness (QED) is 0.103. The second-order valence-electron chi connectivity index (χ2n) is 26.3. The van der Waals surface area contributed by atoms with Crippen molar-refractivity contribution < 1.29 is 63.1 Å². The van der Waals surface area contributed by atoms with Crippen molar-refractivity contribution in [1.82, 2.24) is 25.8 Å². The molecule has 22 heteroatoms. The number of nitrogens with zero attached hydrogens (tertiary/aromatic N) is 2. The van der Waals surface area contributed by atoms with Gasteiger partial charge in [0.1, 0.15) is 41.5 Å². The Kier molecular flexibility index (Phi) is 25.0. The van der Waals surface area contributed by atoms with E-state index in [0.29, 0.717) is 37.8 Å². The highest BCUT2D eigenvalue weighted by molar-refractivity contribution is 5.93. The molecule has 6 fully saturated rings. The number of aliphatic hydroxyl groups is 2. The molecule has 7 amide bonds. The maximum atomic E-state index is 14.0. The highest BCUT2D eigenvalue weighted by Crippen LogP contribution is 2.45. The van der Waals surface area contributed by atoms with Crippen molar-refractivity contribution in [2.75, 3.05) is 13.1 Å². The summed E-state index contributed by atoms with van der Waals surface area (Å²) in [6.45, 7) is 22.5. The fourth-order valence-electron chi connectivity index (χ4n) is 11.5. The van der Waals surface area contributed by atoms with Crippen LogP contribution >= 0.6 is 12.4 Å².